The van der Waals surface area contributed by atoms with Gasteiger partial charge in [-0.2, -0.15) is 0 Å². The maximum Gasteiger partial charge on any atom is 0.153 e. The summed E-state index contributed by atoms with van der Waals surface area (Å²) in [6.45, 7) is 4.61. The highest BCUT2D eigenvalue weighted by Crippen LogP contribution is 2.57. The lowest BCUT2D eigenvalue weighted by atomic mass is 10.0. The van der Waals surface area contributed by atoms with Crippen LogP contribution in [0.5, 0.6) is 0 Å². The van der Waals surface area contributed by atoms with E-state index in [1.54, 1.807) is 0 Å². The molecule has 2 unspecified atom stereocenters. The zero-order valence-corrected chi connectivity index (χ0v) is 11.2. The molecule has 15 heavy (non-hydrogen) atoms. The Kier molecular flexibility index (Phi) is 2.63. The molecule has 1 saturated carbocycles. The predicted octanol–water partition coefficient (Wildman–Crippen LogP) is 1.88. The summed E-state index contributed by atoms with van der Waals surface area (Å²) in [6.07, 6.45) is 1.26. The molecule has 1 aromatic heterocycles. The van der Waals surface area contributed by atoms with E-state index in [1.165, 1.54) is 6.42 Å². The van der Waals surface area contributed by atoms with Gasteiger partial charge >= 0.3 is 0 Å². The summed E-state index contributed by atoms with van der Waals surface area (Å²) in [4.78, 5) is 0. The molecule has 0 aromatic carbocycles. The molecule has 0 amide bonds. The van der Waals surface area contributed by atoms with Crippen LogP contribution in [0, 0.1) is 11.3 Å². The first kappa shape index (κ1) is 11.1. The third-order valence-electron chi connectivity index (χ3n) is 3.42. The van der Waals surface area contributed by atoms with Gasteiger partial charge in [-0.05, 0) is 40.7 Å². The van der Waals surface area contributed by atoms with Crippen molar-refractivity contribution in [3.05, 3.63) is 10.3 Å². The van der Waals surface area contributed by atoms with Crippen LogP contribution in [0.15, 0.2) is 4.60 Å². The molecule has 84 valence electrons. The first-order chi connectivity index (χ1) is 6.97. The van der Waals surface area contributed by atoms with Crippen LogP contribution in [0.25, 0.3) is 0 Å². The third kappa shape index (κ3) is 1.83. The third-order valence-corrected chi connectivity index (χ3v) is 3.99. The van der Waals surface area contributed by atoms with Gasteiger partial charge in [0.05, 0.1) is 11.7 Å². The molecule has 1 heterocycles. The summed E-state index contributed by atoms with van der Waals surface area (Å²) in [5.74, 6) is 0.677. The number of aromatic nitrogens is 3. The molecule has 1 aromatic rings. The number of nitrogens with zero attached hydrogens (tertiary/aromatic N) is 3. The monoisotopic (exact) mass is 272 g/mol. The van der Waals surface area contributed by atoms with Crippen molar-refractivity contribution < 1.29 is 0 Å². The summed E-state index contributed by atoms with van der Waals surface area (Å²) < 4.78 is 2.70. The number of nitrogens with one attached hydrogen (secondary N) is 1. The molecule has 1 aliphatic carbocycles. The second kappa shape index (κ2) is 3.56. The minimum absolute atomic E-state index is 0.342. The minimum Gasteiger partial charge on any atom is -0.311 e. The van der Waals surface area contributed by atoms with Crippen LogP contribution in [0.1, 0.15) is 32.0 Å². The molecule has 1 fully saturated rings. The minimum atomic E-state index is 0.342. The normalized spacial score (nSPS) is 25.3. The number of halogens is 1. The van der Waals surface area contributed by atoms with Crippen LogP contribution in [0.4, 0.5) is 0 Å². The largest absolute Gasteiger partial charge is 0.311 e. The van der Waals surface area contributed by atoms with E-state index in [-0.39, 0.29) is 0 Å². The smallest absolute Gasteiger partial charge is 0.153 e. The van der Waals surface area contributed by atoms with Crippen molar-refractivity contribution in [2.45, 2.75) is 26.3 Å². The van der Waals surface area contributed by atoms with Crippen LogP contribution in [-0.4, -0.2) is 22.0 Å². The van der Waals surface area contributed by atoms with Gasteiger partial charge in [-0.25, -0.2) is 4.68 Å². The molecule has 2 atom stereocenters. The maximum atomic E-state index is 4.03. The van der Waals surface area contributed by atoms with Gasteiger partial charge in [0.15, 0.2) is 4.60 Å². The SMILES string of the molecule is CNC(c1c(Br)nnn1C)C1CC1(C)C. The highest BCUT2D eigenvalue weighted by molar-refractivity contribution is 9.10. The fraction of sp³-hybridized carbons (Fsp3) is 0.800. The Morgan fingerprint density at radius 3 is 2.53 bits per heavy atom. The Bertz CT molecular complexity index is 352. The van der Waals surface area contributed by atoms with E-state index in [2.05, 4.69) is 45.4 Å². The van der Waals surface area contributed by atoms with E-state index in [1.807, 2.05) is 18.8 Å². The summed E-state index contributed by atoms with van der Waals surface area (Å²) in [6, 6.07) is 0.342. The van der Waals surface area contributed by atoms with Crippen molar-refractivity contribution in [3.63, 3.8) is 0 Å². The molecule has 5 heteroatoms. The van der Waals surface area contributed by atoms with Gasteiger partial charge in [0, 0.05) is 7.05 Å². The van der Waals surface area contributed by atoms with Gasteiger partial charge < -0.3 is 5.32 Å². The zero-order valence-electron chi connectivity index (χ0n) is 9.58. The molecule has 2 rings (SSSR count). The number of hydrogen-bond donors (Lipinski definition) is 1. The molecule has 4 nitrogen and oxygen atoms in total. The molecular weight excluding hydrogens is 256 g/mol. The lowest BCUT2D eigenvalue weighted by molar-refractivity contribution is 0.418. The van der Waals surface area contributed by atoms with Crippen LogP contribution in [-0.2, 0) is 7.05 Å². The van der Waals surface area contributed by atoms with E-state index in [0.29, 0.717) is 17.4 Å². The second-order valence-electron chi connectivity index (χ2n) is 4.95. The van der Waals surface area contributed by atoms with Crippen LogP contribution >= 0.6 is 15.9 Å². The summed E-state index contributed by atoms with van der Waals surface area (Å²) in [7, 11) is 3.94. The molecule has 0 radical (unpaired) electrons. The predicted molar refractivity (Wildman–Crippen MR) is 62.4 cm³/mol. The topological polar surface area (TPSA) is 42.7 Å². The van der Waals surface area contributed by atoms with Crippen LogP contribution in [0.3, 0.4) is 0 Å². The van der Waals surface area contributed by atoms with E-state index < -0.39 is 0 Å². The van der Waals surface area contributed by atoms with Gasteiger partial charge in [-0.3, -0.25) is 0 Å². The molecular formula is C10H17BrN4. The highest BCUT2D eigenvalue weighted by Gasteiger charge is 2.51. The molecule has 0 saturated heterocycles. The van der Waals surface area contributed by atoms with Gasteiger partial charge in [0.25, 0.3) is 0 Å². The lowest BCUT2D eigenvalue weighted by Gasteiger charge is -2.18. The maximum absolute atomic E-state index is 4.03. The second-order valence-corrected chi connectivity index (χ2v) is 5.71. The quantitative estimate of drug-likeness (QED) is 0.914. The first-order valence-electron chi connectivity index (χ1n) is 5.19. The Labute approximate surface area is 98.6 Å². The summed E-state index contributed by atoms with van der Waals surface area (Å²) in [5, 5.41) is 11.4. The van der Waals surface area contributed by atoms with E-state index in [4.69, 9.17) is 0 Å². The van der Waals surface area contributed by atoms with Gasteiger partial charge in [-0.15, -0.1) is 5.10 Å². The van der Waals surface area contributed by atoms with Crippen LogP contribution in [0.2, 0.25) is 0 Å². The van der Waals surface area contributed by atoms with Crippen molar-refractivity contribution in [1.82, 2.24) is 20.3 Å². The molecule has 1 N–H and O–H groups in total. The molecule has 1 aliphatic rings. The molecule has 0 spiro atoms. The van der Waals surface area contributed by atoms with Gasteiger partial charge in [0.2, 0.25) is 0 Å². The fourth-order valence-electron chi connectivity index (χ4n) is 2.27. The average molecular weight is 273 g/mol. The first-order valence-corrected chi connectivity index (χ1v) is 5.99. The number of rotatable bonds is 3. The Hall–Kier alpha value is -0.420. The van der Waals surface area contributed by atoms with Crippen molar-refractivity contribution in [3.8, 4) is 0 Å². The Morgan fingerprint density at radius 2 is 2.20 bits per heavy atom. The van der Waals surface area contributed by atoms with Crippen LogP contribution < -0.4 is 5.32 Å². The average Bonchev–Trinajstić information content (AvgIpc) is 2.66. The standard InChI is InChI=1S/C10H17BrN4/c1-10(2)5-6(10)7(12-3)8-9(11)13-14-15(8)4/h6-7,12H,5H2,1-4H3. The van der Waals surface area contributed by atoms with E-state index >= 15 is 0 Å². The van der Waals surface area contributed by atoms with Gasteiger partial charge in [-0.1, -0.05) is 19.1 Å². The highest BCUT2D eigenvalue weighted by atomic mass is 79.9. The summed E-state index contributed by atoms with van der Waals surface area (Å²) in [5.41, 5.74) is 1.59. The zero-order chi connectivity index (χ0) is 11.2. The van der Waals surface area contributed by atoms with Crippen molar-refractivity contribution >= 4 is 15.9 Å². The van der Waals surface area contributed by atoms with Crippen molar-refractivity contribution in [1.29, 1.82) is 0 Å². The van der Waals surface area contributed by atoms with Crippen molar-refractivity contribution in [2.75, 3.05) is 7.05 Å². The van der Waals surface area contributed by atoms with E-state index in [9.17, 15) is 0 Å². The lowest BCUT2D eigenvalue weighted by Crippen LogP contribution is -2.23. The Balaban J connectivity index is 2.28. The summed E-state index contributed by atoms with van der Waals surface area (Å²) >= 11 is 3.46. The van der Waals surface area contributed by atoms with E-state index in [0.717, 1.165) is 10.3 Å². The fourth-order valence-corrected chi connectivity index (χ4v) is 2.85. The number of hydrogen-bond acceptors (Lipinski definition) is 3. The van der Waals surface area contributed by atoms with Gasteiger partial charge in [0.1, 0.15) is 0 Å². The number of aryl methyl sites for hydroxylation is 1. The molecule has 0 bridgehead atoms. The molecule has 0 aliphatic heterocycles. The van der Waals surface area contributed by atoms with Crippen molar-refractivity contribution in [2.24, 2.45) is 18.4 Å². The Morgan fingerprint density at radius 1 is 1.60 bits per heavy atom.